The first-order chi connectivity index (χ1) is 23.7. The lowest BCUT2D eigenvalue weighted by Crippen LogP contribution is -2.46. The summed E-state index contributed by atoms with van der Waals surface area (Å²) < 4.78 is 33.6. The van der Waals surface area contributed by atoms with E-state index < -0.39 is 5.41 Å². The SMILES string of the molecule is C#CC[C@@H]1C[C@@H](SOc2cc(O[C@@H](C)C(C[C@@H](C)CC)C(C)C)nc(C(=NC(=C)C(C)(C)c3c(F)cccc3P)OC)n2)CCN1C(=O)C=C. The molecule has 1 aromatic heterocycles. The first kappa shape index (κ1) is 41.0. The zero-order valence-electron chi connectivity index (χ0n) is 30.9. The minimum atomic E-state index is -0.888. The zero-order valence-corrected chi connectivity index (χ0v) is 32.8. The predicted molar refractivity (Wildman–Crippen MR) is 206 cm³/mol. The molecule has 1 aliphatic heterocycles. The van der Waals surface area contributed by atoms with Gasteiger partial charge in [0, 0.05) is 40.9 Å². The summed E-state index contributed by atoms with van der Waals surface area (Å²) in [6.45, 7) is 23.1. The zero-order chi connectivity index (χ0) is 37.2. The Hall–Kier alpha value is -3.41. The van der Waals surface area contributed by atoms with Crippen molar-refractivity contribution in [2.45, 2.75) is 103 Å². The Morgan fingerprint density at radius 1 is 1.28 bits per heavy atom. The van der Waals surface area contributed by atoms with Crippen LogP contribution in [0.2, 0.25) is 0 Å². The Bertz CT molecular complexity index is 1560. The lowest BCUT2D eigenvalue weighted by atomic mass is 9.81. The smallest absolute Gasteiger partial charge is 0.260 e. The summed E-state index contributed by atoms with van der Waals surface area (Å²) in [5.74, 6) is 4.26. The van der Waals surface area contributed by atoms with Crippen molar-refractivity contribution < 1.29 is 22.8 Å². The third-order valence-corrected chi connectivity index (χ3v) is 11.0. The van der Waals surface area contributed by atoms with Crippen molar-refractivity contribution in [3.8, 4) is 24.1 Å². The van der Waals surface area contributed by atoms with Gasteiger partial charge in [-0.3, -0.25) is 4.79 Å². The van der Waals surface area contributed by atoms with Crippen LogP contribution in [0, 0.1) is 35.9 Å². The molecule has 6 atom stereocenters. The molecular formula is C39H54FN4O4PS. The molecule has 0 N–H and O–H groups in total. The number of piperidine rings is 1. The third-order valence-electron chi connectivity index (χ3n) is 9.58. The van der Waals surface area contributed by atoms with E-state index in [1.54, 1.807) is 17.0 Å². The van der Waals surface area contributed by atoms with Crippen LogP contribution >= 0.6 is 21.3 Å². The van der Waals surface area contributed by atoms with E-state index in [0.29, 0.717) is 60.1 Å². The fourth-order valence-electron chi connectivity index (χ4n) is 6.27. The van der Waals surface area contributed by atoms with Gasteiger partial charge in [-0.2, -0.15) is 9.97 Å². The summed E-state index contributed by atoms with van der Waals surface area (Å²) in [5.41, 5.74) is -0.0649. The van der Waals surface area contributed by atoms with Crippen molar-refractivity contribution in [2.75, 3.05) is 13.7 Å². The molecule has 3 rings (SSSR count). The number of aliphatic imine (C=N–C) groups is 1. The van der Waals surface area contributed by atoms with E-state index in [-0.39, 0.29) is 52.6 Å². The number of amides is 1. The molecule has 50 heavy (non-hydrogen) atoms. The maximum Gasteiger partial charge on any atom is 0.260 e. The van der Waals surface area contributed by atoms with Gasteiger partial charge in [-0.1, -0.05) is 73.3 Å². The summed E-state index contributed by atoms with van der Waals surface area (Å²) in [5, 5.41) is 0.766. The molecule has 2 unspecified atom stereocenters. The molecule has 2 heterocycles. The van der Waals surface area contributed by atoms with Gasteiger partial charge in [0.05, 0.1) is 25.2 Å². The summed E-state index contributed by atoms with van der Waals surface area (Å²) in [4.78, 5) is 28.3. The second kappa shape index (κ2) is 18.7. The number of methoxy groups -OCH3 is 1. The lowest BCUT2D eigenvalue weighted by Gasteiger charge is -2.37. The number of benzene rings is 1. The van der Waals surface area contributed by atoms with Crippen LogP contribution in [0.4, 0.5) is 4.39 Å². The summed E-state index contributed by atoms with van der Waals surface area (Å²) in [6, 6.07) is 6.47. The van der Waals surface area contributed by atoms with Crippen LogP contribution in [-0.4, -0.2) is 57.7 Å². The van der Waals surface area contributed by atoms with E-state index in [1.807, 2.05) is 19.9 Å². The summed E-state index contributed by atoms with van der Waals surface area (Å²) >= 11 is 1.28. The number of hydrogen-bond donors (Lipinski definition) is 0. The molecule has 1 saturated heterocycles. The normalized spacial score (nSPS) is 18.5. The number of aromatic nitrogens is 2. The highest BCUT2D eigenvalue weighted by atomic mass is 32.2. The number of carbonyl (C=O) groups excluding carboxylic acids is 1. The highest BCUT2D eigenvalue weighted by Gasteiger charge is 2.33. The molecular weight excluding hydrogens is 670 g/mol. The number of hydrogen-bond acceptors (Lipinski definition) is 8. The topological polar surface area (TPSA) is 86.1 Å². The Morgan fingerprint density at radius 2 is 1.98 bits per heavy atom. The van der Waals surface area contributed by atoms with Crippen molar-refractivity contribution >= 4 is 38.4 Å². The quantitative estimate of drug-likeness (QED) is 0.0432. The Morgan fingerprint density at radius 3 is 2.58 bits per heavy atom. The monoisotopic (exact) mass is 724 g/mol. The number of allylic oxidation sites excluding steroid dienone is 1. The molecule has 11 heteroatoms. The fourth-order valence-corrected chi connectivity index (χ4v) is 7.70. The average molecular weight is 725 g/mol. The number of nitrogens with zero attached hydrogens (tertiary/aromatic N) is 4. The summed E-state index contributed by atoms with van der Waals surface area (Å²) in [6.07, 6.45) is 10.7. The van der Waals surface area contributed by atoms with Gasteiger partial charge in [-0.05, 0) is 61.4 Å². The molecule has 8 nitrogen and oxygen atoms in total. The van der Waals surface area contributed by atoms with Crippen LogP contribution in [0.3, 0.4) is 0 Å². The van der Waals surface area contributed by atoms with E-state index >= 15 is 4.39 Å². The maximum atomic E-state index is 15.1. The molecule has 1 fully saturated rings. The van der Waals surface area contributed by atoms with Gasteiger partial charge in [0.2, 0.25) is 23.5 Å². The largest absolute Gasteiger partial charge is 0.478 e. The third kappa shape index (κ3) is 10.6. The van der Waals surface area contributed by atoms with E-state index in [4.69, 9.17) is 30.1 Å². The predicted octanol–water partition coefficient (Wildman–Crippen LogP) is 8.07. The van der Waals surface area contributed by atoms with Gasteiger partial charge in [0.15, 0.2) is 0 Å². The Labute approximate surface area is 305 Å². The molecule has 0 spiro atoms. The van der Waals surface area contributed by atoms with E-state index in [0.717, 1.165) is 12.8 Å². The van der Waals surface area contributed by atoms with Crippen LogP contribution in [0.15, 0.2) is 54.2 Å². The van der Waals surface area contributed by atoms with Crippen LogP contribution < -0.4 is 14.2 Å². The molecule has 1 aliphatic rings. The minimum absolute atomic E-state index is 0.0581. The van der Waals surface area contributed by atoms with Gasteiger partial charge < -0.3 is 18.6 Å². The molecule has 2 aromatic rings. The highest BCUT2D eigenvalue weighted by molar-refractivity contribution is 7.95. The van der Waals surface area contributed by atoms with Crippen molar-refractivity contribution in [1.29, 1.82) is 0 Å². The number of halogens is 1. The van der Waals surface area contributed by atoms with Crippen LogP contribution in [0.25, 0.3) is 0 Å². The molecule has 0 aliphatic carbocycles. The van der Waals surface area contributed by atoms with Crippen LogP contribution in [0.5, 0.6) is 11.8 Å². The van der Waals surface area contributed by atoms with Gasteiger partial charge in [0.25, 0.3) is 5.90 Å². The van der Waals surface area contributed by atoms with Crippen molar-refractivity contribution in [3.63, 3.8) is 0 Å². The fraction of sp³-hybridized carbons (Fsp3) is 0.538. The maximum absolute atomic E-state index is 15.1. The molecule has 1 amide bonds. The molecule has 272 valence electrons. The number of rotatable bonds is 16. The van der Waals surface area contributed by atoms with E-state index in [1.165, 1.54) is 31.3 Å². The number of likely N-dealkylation sites (tertiary alicyclic amines) is 1. The van der Waals surface area contributed by atoms with Gasteiger partial charge in [-0.25, -0.2) is 9.38 Å². The van der Waals surface area contributed by atoms with Crippen LogP contribution in [0.1, 0.15) is 92.0 Å². The Kier molecular flexibility index (Phi) is 15.4. The number of ether oxygens (including phenoxy) is 2. The average Bonchev–Trinajstić information content (AvgIpc) is 3.07. The number of terminal acetylenes is 1. The number of carbonyl (C=O) groups is 1. The minimum Gasteiger partial charge on any atom is -0.478 e. The molecule has 0 radical (unpaired) electrons. The van der Waals surface area contributed by atoms with Crippen molar-refractivity contribution in [3.05, 3.63) is 66.4 Å². The first-order valence-corrected chi connectivity index (χ1v) is 18.7. The van der Waals surface area contributed by atoms with Crippen molar-refractivity contribution in [1.82, 2.24) is 14.9 Å². The Balaban J connectivity index is 1.98. The van der Waals surface area contributed by atoms with E-state index in [9.17, 15) is 4.79 Å². The molecule has 1 aromatic carbocycles. The van der Waals surface area contributed by atoms with Crippen LogP contribution in [-0.2, 0) is 14.9 Å². The van der Waals surface area contributed by atoms with Gasteiger partial charge >= 0.3 is 0 Å². The standard InChI is InChI=1S/C39H54FN4O4PS/c1-12-16-28-22-29(19-20-44(28)35(45)14-3)50-48-34-23-33(47-26(7)30(24(4)5)21-25(6)13-2)42-37(43-34)38(46-11)41-27(8)39(9,10)36-31(40)17-15-18-32(36)49/h1,14-15,17-18,23-26,28-30H,3,8,13,16,19-22,49H2,2,4-7,9-11H3/t25-,26-,28+,29-,30?/m0/s1. The second-order valence-electron chi connectivity index (χ2n) is 13.9. The molecule has 0 bridgehead atoms. The van der Waals surface area contributed by atoms with Gasteiger partial charge in [-0.15, -0.1) is 21.6 Å². The lowest BCUT2D eigenvalue weighted by molar-refractivity contribution is -0.129. The first-order valence-electron chi connectivity index (χ1n) is 17.3. The highest BCUT2D eigenvalue weighted by Crippen LogP contribution is 2.35. The van der Waals surface area contributed by atoms with Gasteiger partial charge in [0.1, 0.15) is 11.9 Å². The summed E-state index contributed by atoms with van der Waals surface area (Å²) in [7, 11) is 4.06. The van der Waals surface area contributed by atoms with Crippen molar-refractivity contribution in [2.24, 2.45) is 22.7 Å². The second-order valence-corrected chi connectivity index (χ2v) is 15.5. The van der Waals surface area contributed by atoms with E-state index in [2.05, 4.69) is 67.9 Å². The molecule has 0 saturated carbocycles.